The van der Waals surface area contributed by atoms with Gasteiger partial charge in [-0.15, -0.1) is 0 Å². The van der Waals surface area contributed by atoms with Gasteiger partial charge in [0.2, 0.25) is 5.91 Å². The number of amides is 1. The number of para-hydroxylation sites is 1. The summed E-state index contributed by atoms with van der Waals surface area (Å²) in [7, 11) is 0. The van der Waals surface area contributed by atoms with Crippen LogP contribution in [-0.4, -0.2) is 34.0 Å². The van der Waals surface area contributed by atoms with Crippen LogP contribution in [0.3, 0.4) is 0 Å². The molecule has 0 aliphatic heterocycles. The normalized spacial score (nSPS) is 10.4. The summed E-state index contributed by atoms with van der Waals surface area (Å²) < 4.78 is 0.791. The molecule has 0 saturated carbocycles. The van der Waals surface area contributed by atoms with Gasteiger partial charge in [0.1, 0.15) is 4.32 Å². The van der Waals surface area contributed by atoms with Crippen molar-refractivity contribution in [2.24, 2.45) is 0 Å². The predicted molar refractivity (Wildman–Crippen MR) is 102 cm³/mol. The van der Waals surface area contributed by atoms with E-state index in [-0.39, 0.29) is 5.91 Å². The molecular weight excluding hydrogens is 312 g/mol. The molecule has 1 aromatic carbocycles. The Morgan fingerprint density at radius 2 is 1.68 bits per heavy atom. The standard InChI is InChI=1S/C17H26N2OS2/c1-5-13-10-9-11-14(6-2)16(13)18-15(20)12-22-17(21)19(7-3)8-4/h9-11H,5-8,12H2,1-4H3,(H,18,20). The van der Waals surface area contributed by atoms with E-state index in [0.717, 1.165) is 35.9 Å². The molecule has 122 valence electrons. The molecule has 0 aliphatic rings. The zero-order chi connectivity index (χ0) is 16.5. The summed E-state index contributed by atoms with van der Waals surface area (Å²) in [5.41, 5.74) is 3.35. The van der Waals surface area contributed by atoms with Gasteiger partial charge in [0.25, 0.3) is 0 Å². The Morgan fingerprint density at radius 1 is 1.14 bits per heavy atom. The van der Waals surface area contributed by atoms with E-state index < -0.39 is 0 Å². The lowest BCUT2D eigenvalue weighted by molar-refractivity contribution is -0.113. The number of aryl methyl sites for hydroxylation is 2. The van der Waals surface area contributed by atoms with Crippen LogP contribution in [0.4, 0.5) is 5.69 Å². The molecule has 0 heterocycles. The molecule has 0 bridgehead atoms. The molecule has 0 atom stereocenters. The second kappa shape index (κ2) is 9.85. The van der Waals surface area contributed by atoms with Gasteiger partial charge in [-0.25, -0.2) is 0 Å². The van der Waals surface area contributed by atoms with Crippen molar-refractivity contribution in [3.8, 4) is 0 Å². The van der Waals surface area contributed by atoms with Crippen molar-refractivity contribution in [1.29, 1.82) is 0 Å². The van der Waals surface area contributed by atoms with Gasteiger partial charge < -0.3 is 10.2 Å². The number of hydrogen-bond donors (Lipinski definition) is 1. The highest BCUT2D eigenvalue weighted by Gasteiger charge is 2.12. The summed E-state index contributed by atoms with van der Waals surface area (Å²) >= 11 is 6.80. The average Bonchev–Trinajstić information content (AvgIpc) is 2.54. The van der Waals surface area contributed by atoms with Crippen molar-refractivity contribution < 1.29 is 4.79 Å². The minimum atomic E-state index is 0.00936. The van der Waals surface area contributed by atoms with Crippen LogP contribution in [0.15, 0.2) is 18.2 Å². The predicted octanol–water partition coefficient (Wildman–Crippen LogP) is 4.11. The van der Waals surface area contributed by atoms with Crippen molar-refractivity contribution in [3.63, 3.8) is 0 Å². The van der Waals surface area contributed by atoms with Gasteiger partial charge in [0.05, 0.1) is 5.75 Å². The highest BCUT2D eigenvalue weighted by atomic mass is 32.2. The van der Waals surface area contributed by atoms with Crippen molar-refractivity contribution in [3.05, 3.63) is 29.3 Å². The fourth-order valence-electron chi connectivity index (χ4n) is 2.28. The van der Waals surface area contributed by atoms with Gasteiger partial charge in [-0.3, -0.25) is 4.79 Å². The maximum atomic E-state index is 12.2. The number of nitrogens with one attached hydrogen (secondary N) is 1. The zero-order valence-electron chi connectivity index (χ0n) is 13.9. The first-order valence-electron chi connectivity index (χ1n) is 7.89. The van der Waals surface area contributed by atoms with Crippen LogP contribution in [0, 0.1) is 0 Å². The smallest absolute Gasteiger partial charge is 0.234 e. The lowest BCUT2D eigenvalue weighted by Crippen LogP contribution is -2.28. The summed E-state index contributed by atoms with van der Waals surface area (Å²) in [5, 5.41) is 3.07. The molecule has 22 heavy (non-hydrogen) atoms. The number of thioether (sulfide) groups is 1. The Kier molecular flexibility index (Phi) is 8.49. The molecule has 1 amide bonds. The van der Waals surface area contributed by atoms with Gasteiger partial charge in [0.15, 0.2) is 0 Å². The molecule has 1 rings (SSSR count). The molecule has 0 fully saturated rings. The summed E-state index contributed by atoms with van der Waals surface area (Å²) in [6.45, 7) is 10.1. The van der Waals surface area contributed by atoms with E-state index in [1.54, 1.807) is 0 Å². The second-order valence-corrected chi connectivity index (χ2v) is 6.54. The van der Waals surface area contributed by atoms with E-state index in [1.165, 1.54) is 22.9 Å². The molecule has 0 aliphatic carbocycles. The van der Waals surface area contributed by atoms with Crippen molar-refractivity contribution in [1.82, 2.24) is 4.90 Å². The van der Waals surface area contributed by atoms with Gasteiger partial charge in [0, 0.05) is 18.8 Å². The van der Waals surface area contributed by atoms with Crippen LogP contribution in [0.2, 0.25) is 0 Å². The number of carbonyl (C=O) groups excluding carboxylic acids is 1. The number of thiocarbonyl (C=S) groups is 1. The van der Waals surface area contributed by atoms with E-state index >= 15 is 0 Å². The maximum Gasteiger partial charge on any atom is 0.234 e. The molecule has 5 heteroatoms. The molecule has 0 spiro atoms. The quantitative estimate of drug-likeness (QED) is 0.758. The highest BCUT2D eigenvalue weighted by molar-refractivity contribution is 8.23. The number of hydrogen-bond acceptors (Lipinski definition) is 3. The van der Waals surface area contributed by atoms with Crippen LogP contribution in [0.25, 0.3) is 0 Å². The highest BCUT2D eigenvalue weighted by Crippen LogP contribution is 2.23. The number of carbonyl (C=O) groups is 1. The summed E-state index contributed by atoms with van der Waals surface area (Å²) in [6, 6.07) is 6.20. The van der Waals surface area contributed by atoms with Gasteiger partial charge in [-0.1, -0.05) is 56.0 Å². The first-order valence-corrected chi connectivity index (χ1v) is 9.28. The van der Waals surface area contributed by atoms with Crippen LogP contribution < -0.4 is 5.32 Å². The fourth-order valence-corrected chi connectivity index (χ4v) is 3.48. The van der Waals surface area contributed by atoms with E-state index in [2.05, 4.69) is 56.1 Å². The lowest BCUT2D eigenvalue weighted by Gasteiger charge is -2.21. The maximum absolute atomic E-state index is 12.2. The summed E-state index contributed by atoms with van der Waals surface area (Å²) in [4.78, 5) is 14.3. The third-order valence-electron chi connectivity index (χ3n) is 3.61. The molecule has 1 aromatic rings. The number of benzene rings is 1. The first kappa shape index (κ1) is 19.0. The molecule has 0 unspecified atom stereocenters. The topological polar surface area (TPSA) is 32.3 Å². The summed E-state index contributed by atoms with van der Waals surface area (Å²) in [5.74, 6) is 0.367. The molecular formula is C17H26N2OS2. The Labute approximate surface area is 143 Å². The van der Waals surface area contributed by atoms with E-state index in [0.29, 0.717) is 5.75 Å². The molecule has 3 nitrogen and oxygen atoms in total. The third kappa shape index (κ3) is 5.29. The first-order chi connectivity index (χ1) is 10.6. The molecule has 0 radical (unpaired) electrons. The largest absolute Gasteiger partial charge is 0.358 e. The van der Waals surface area contributed by atoms with E-state index in [1.807, 2.05) is 0 Å². The Bertz CT molecular complexity index is 491. The summed E-state index contributed by atoms with van der Waals surface area (Å²) in [6.07, 6.45) is 1.82. The third-order valence-corrected chi connectivity index (χ3v) is 5.14. The van der Waals surface area contributed by atoms with Gasteiger partial charge in [-0.05, 0) is 37.8 Å². The van der Waals surface area contributed by atoms with E-state index in [9.17, 15) is 4.79 Å². The van der Waals surface area contributed by atoms with Crippen LogP contribution in [0.5, 0.6) is 0 Å². The average molecular weight is 339 g/mol. The number of rotatable bonds is 7. The van der Waals surface area contributed by atoms with Crippen LogP contribution in [0.1, 0.15) is 38.8 Å². The van der Waals surface area contributed by atoms with Crippen molar-refractivity contribution in [2.45, 2.75) is 40.5 Å². The molecule has 1 N–H and O–H groups in total. The Balaban J connectivity index is 2.68. The minimum Gasteiger partial charge on any atom is -0.358 e. The van der Waals surface area contributed by atoms with Gasteiger partial charge in [-0.2, -0.15) is 0 Å². The van der Waals surface area contributed by atoms with Crippen LogP contribution >= 0.6 is 24.0 Å². The fraction of sp³-hybridized carbons (Fsp3) is 0.529. The van der Waals surface area contributed by atoms with Crippen molar-refractivity contribution >= 4 is 39.9 Å². The number of nitrogens with zero attached hydrogens (tertiary/aromatic N) is 1. The van der Waals surface area contributed by atoms with E-state index in [4.69, 9.17) is 12.2 Å². The van der Waals surface area contributed by atoms with Crippen LogP contribution in [-0.2, 0) is 17.6 Å². The number of anilines is 1. The van der Waals surface area contributed by atoms with Crippen molar-refractivity contribution in [2.75, 3.05) is 24.2 Å². The lowest BCUT2D eigenvalue weighted by atomic mass is 10.0. The SMILES string of the molecule is CCc1cccc(CC)c1NC(=O)CSC(=S)N(CC)CC. The second-order valence-electron chi connectivity index (χ2n) is 4.93. The zero-order valence-corrected chi connectivity index (χ0v) is 15.6. The van der Waals surface area contributed by atoms with Gasteiger partial charge >= 0.3 is 0 Å². The monoisotopic (exact) mass is 338 g/mol. The minimum absolute atomic E-state index is 0.00936. The Morgan fingerprint density at radius 3 is 2.14 bits per heavy atom. The molecule has 0 aromatic heterocycles. The molecule has 0 saturated heterocycles. The Hall–Kier alpha value is -1.07.